The van der Waals surface area contributed by atoms with Crippen molar-refractivity contribution in [2.45, 2.75) is 25.7 Å². The van der Waals surface area contributed by atoms with E-state index in [0.29, 0.717) is 35.5 Å². The molecule has 0 radical (unpaired) electrons. The SMILES string of the molecule is CCOc1ccc(C(=O)Nc2nc(C3CCNCC3)nn2C)cc1OC. The molecule has 2 N–H and O–H groups in total. The first-order valence-corrected chi connectivity index (χ1v) is 8.86. The Morgan fingerprint density at radius 2 is 2.12 bits per heavy atom. The molecule has 0 spiro atoms. The molecule has 26 heavy (non-hydrogen) atoms. The third kappa shape index (κ3) is 3.96. The maximum absolute atomic E-state index is 12.6. The van der Waals surface area contributed by atoms with Crippen LogP contribution in [0.25, 0.3) is 0 Å². The molecule has 1 saturated heterocycles. The standard InChI is InChI=1S/C18H25N5O3/c1-4-26-14-6-5-13(11-15(14)25-3)17(24)21-18-20-16(22-23(18)2)12-7-9-19-10-8-12/h5-6,11-12,19H,4,7-10H2,1-3H3,(H,20,21,22,24). The normalized spacial score (nSPS) is 14.9. The lowest BCUT2D eigenvalue weighted by Crippen LogP contribution is -2.27. The van der Waals surface area contributed by atoms with Gasteiger partial charge in [-0.2, -0.15) is 10.1 Å². The van der Waals surface area contributed by atoms with E-state index >= 15 is 0 Å². The zero-order valence-electron chi connectivity index (χ0n) is 15.4. The first kappa shape index (κ1) is 18.2. The summed E-state index contributed by atoms with van der Waals surface area (Å²) >= 11 is 0. The van der Waals surface area contributed by atoms with Crippen LogP contribution in [0.2, 0.25) is 0 Å². The zero-order chi connectivity index (χ0) is 18.5. The van der Waals surface area contributed by atoms with Gasteiger partial charge in [-0.25, -0.2) is 4.68 Å². The molecule has 2 aromatic rings. The molecule has 1 aliphatic rings. The number of benzene rings is 1. The molecule has 1 aliphatic heterocycles. The summed E-state index contributed by atoms with van der Waals surface area (Å²) in [6.45, 7) is 4.36. The number of carbonyl (C=O) groups excluding carboxylic acids is 1. The molecule has 1 fully saturated rings. The smallest absolute Gasteiger partial charge is 0.258 e. The molecule has 8 heteroatoms. The summed E-state index contributed by atoms with van der Waals surface area (Å²) < 4.78 is 12.4. The highest BCUT2D eigenvalue weighted by molar-refractivity contribution is 6.03. The van der Waals surface area contributed by atoms with Crippen molar-refractivity contribution in [3.8, 4) is 11.5 Å². The van der Waals surface area contributed by atoms with Gasteiger partial charge in [-0.3, -0.25) is 10.1 Å². The van der Waals surface area contributed by atoms with Crippen LogP contribution >= 0.6 is 0 Å². The van der Waals surface area contributed by atoms with Gasteiger partial charge in [0.15, 0.2) is 17.3 Å². The molecule has 8 nitrogen and oxygen atoms in total. The largest absolute Gasteiger partial charge is 0.493 e. The summed E-state index contributed by atoms with van der Waals surface area (Å²) in [5.41, 5.74) is 0.469. The molecular formula is C18H25N5O3. The molecule has 1 amide bonds. The van der Waals surface area contributed by atoms with Crippen molar-refractivity contribution in [1.82, 2.24) is 20.1 Å². The molecule has 3 rings (SSSR count). The number of piperidine rings is 1. The Labute approximate surface area is 152 Å². The van der Waals surface area contributed by atoms with Crippen LogP contribution in [0.3, 0.4) is 0 Å². The molecule has 1 aromatic heterocycles. The van der Waals surface area contributed by atoms with Gasteiger partial charge in [0.25, 0.3) is 5.91 Å². The molecule has 0 aliphatic carbocycles. The maximum atomic E-state index is 12.6. The molecule has 0 saturated carbocycles. The Kier molecular flexibility index (Phi) is 5.72. The van der Waals surface area contributed by atoms with Gasteiger partial charge in [-0.1, -0.05) is 0 Å². The van der Waals surface area contributed by atoms with Gasteiger partial charge in [-0.15, -0.1) is 0 Å². The Morgan fingerprint density at radius 1 is 1.35 bits per heavy atom. The number of methoxy groups -OCH3 is 1. The molecule has 2 heterocycles. The van der Waals surface area contributed by atoms with E-state index in [9.17, 15) is 4.79 Å². The first-order valence-electron chi connectivity index (χ1n) is 8.86. The number of hydrogen-bond donors (Lipinski definition) is 2. The minimum atomic E-state index is -0.265. The highest BCUT2D eigenvalue weighted by Gasteiger charge is 2.21. The Balaban J connectivity index is 1.74. The summed E-state index contributed by atoms with van der Waals surface area (Å²) in [4.78, 5) is 17.1. The summed E-state index contributed by atoms with van der Waals surface area (Å²) in [5.74, 6) is 2.42. The van der Waals surface area contributed by atoms with Gasteiger partial charge < -0.3 is 14.8 Å². The molecular weight excluding hydrogens is 334 g/mol. The van der Waals surface area contributed by atoms with E-state index in [-0.39, 0.29) is 5.91 Å². The fourth-order valence-electron chi connectivity index (χ4n) is 3.02. The number of hydrogen-bond acceptors (Lipinski definition) is 6. The van der Waals surface area contributed by atoms with Crippen LogP contribution in [0.5, 0.6) is 11.5 Å². The number of aryl methyl sites for hydroxylation is 1. The van der Waals surface area contributed by atoms with Crippen molar-refractivity contribution < 1.29 is 14.3 Å². The van der Waals surface area contributed by atoms with Crippen molar-refractivity contribution in [2.75, 3.05) is 32.1 Å². The van der Waals surface area contributed by atoms with Crippen molar-refractivity contribution in [3.05, 3.63) is 29.6 Å². The Hall–Kier alpha value is -2.61. The Bertz CT molecular complexity index is 768. The number of nitrogens with zero attached hydrogens (tertiary/aromatic N) is 3. The van der Waals surface area contributed by atoms with Crippen molar-refractivity contribution >= 4 is 11.9 Å². The van der Waals surface area contributed by atoms with Crippen LogP contribution in [0.1, 0.15) is 41.9 Å². The van der Waals surface area contributed by atoms with Crippen LogP contribution in [0.15, 0.2) is 18.2 Å². The van der Waals surface area contributed by atoms with E-state index in [2.05, 4.69) is 20.7 Å². The summed E-state index contributed by atoms with van der Waals surface area (Å²) in [7, 11) is 3.33. The summed E-state index contributed by atoms with van der Waals surface area (Å²) in [5, 5.41) is 10.6. The second-order valence-corrected chi connectivity index (χ2v) is 6.19. The number of ether oxygens (including phenoxy) is 2. The van der Waals surface area contributed by atoms with Crippen LogP contribution in [0, 0.1) is 0 Å². The van der Waals surface area contributed by atoms with E-state index in [4.69, 9.17) is 9.47 Å². The van der Waals surface area contributed by atoms with Gasteiger partial charge in [0.05, 0.1) is 13.7 Å². The first-order chi connectivity index (χ1) is 12.6. The van der Waals surface area contributed by atoms with Crippen LogP contribution in [0.4, 0.5) is 5.95 Å². The van der Waals surface area contributed by atoms with Crippen LogP contribution < -0.4 is 20.1 Å². The van der Waals surface area contributed by atoms with Gasteiger partial charge in [0, 0.05) is 18.5 Å². The number of rotatable bonds is 6. The number of amides is 1. The monoisotopic (exact) mass is 359 g/mol. The van der Waals surface area contributed by atoms with E-state index in [1.54, 1.807) is 37.0 Å². The number of carbonyl (C=O) groups is 1. The lowest BCUT2D eigenvalue weighted by atomic mass is 9.98. The van der Waals surface area contributed by atoms with Crippen molar-refractivity contribution in [3.63, 3.8) is 0 Å². The average molecular weight is 359 g/mol. The van der Waals surface area contributed by atoms with Crippen LogP contribution in [-0.4, -0.2) is 47.5 Å². The topological polar surface area (TPSA) is 90.3 Å². The van der Waals surface area contributed by atoms with Gasteiger partial charge >= 0.3 is 0 Å². The fraction of sp³-hybridized carbons (Fsp3) is 0.500. The second-order valence-electron chi connectivity index (χ2n) is 6.19. The van der Waals surface area contributed by atoms with Gasteiger partial charge in [-0.05, 0) is 51.1 Å². The van der Waals surface area contributed by atoms with E-state index in [1.807, 2.05) is 6.92 Å². The van der Waals surface area contributed by atoms with E-state index < -0.39 is 0 Å². The average Bonchev–Trinajstić information content (AvgIpc) is 3.03. The van der Waals surface area contributed by atoms with Crippen LogP contribution in [-0.2, 0) is 7.05 Å². The molecule has 140 valence electrons. The summed E-state index contributed by atoms with van der Waals surface area (Å²) in [6.07, 6.45) is 2.01. The fourth-order valence-corrected chi connectivity index (χ4v) is 3.02. The van der Waals surface area contributed by atoms with E-state index in [1.165, 1.54) is 0 Å². The Morgan fingerprint density at radius 3 is 2.81 bits per heavy atom. The maximum Gasteiger partial charge on any atom is 0.258 e. The number of anilines is 1. The molecule has 0 unspecified atom stereocenters. The molecule has 0 bridgehead atoms. The predicted octanol–water partition coefficient (Wildman–Crippen LogP) is 1.94. The lowest BCUT2D eigenvalue weighted by molar-refractivity contribution is 0.102. The van der Waals surface area contributed by atoms with Crippen molar-refractivity contribution in [1.29, 1.82) is 0 Å². The number of nitrogens with one attached hydrogen (secondary N) is 2. The highest BCUT2D eigenvalue weighted by atomic mass is 16.5. The minimum Gasteiger partial charge on any atom is -0.493 e. The quantitative estimate of drug-likeness (QED) is 0.819. The highest BCUT2D eigenvalue weighted by Crippen LogP contribution is 2.28. The number of aromatic nitrogens is 3. The summed E-state index contributed by atoms with van der Waals surface area (Å²) in [6, 6.07) is 5.09. The second kappa shape index (κ2) is 8.18. The van der Waals surface area contributed by atoms with E-state index in [0.717, 1.165) is 31.8 Å². The van der Waals surface area contributed by atoms with Gasteiger partial charge in [0.2, 0.25) is 5.95 Å². The van der Waals surface area contributed by atoms with Crippen molar-refractivity contribution in [2.24, 2.45) is 7.05 Å². The molecule has 0 atom stereocenters. The van der Waals surface area contributed by atoms with Gasteiger partial charge in [0.1, 0.15) is 0 Å². The predicted molar refractivity (Wildman–Crippen MR) is 98.0 cm³/mol. The zero-order valence-corrected chi connectivity index (χ0v) is 15.4. The lowest BCUT2D eigenvalue weighted by Gasteiger charge is -2.19. The minimum absolute atomic E-state index is 0.265. The third-order valence-electron chi connectivity index (χ3n) is 4.43. The third-order valence-corrected chi connectivity index (χ3v) is 4.43. The molecule has 1 aromatic carbocycles.